The van der Waals surface area contributed by atoms with Gasteiger partial charge in [0.15, 0.2) is 11.2 Å². The molecule has 0 radical (unpaired) electrons. The Kier molecular flexibility index (Phi) is 4.41. The predicted molar refractivity (Wildman–Crippen MR) is 69.1 cm³/mol. The first kappa shape index (κ1) is 14.3. The van der Waals surface area contributed by atoms with Crippen molar-refractivity contribution < 1.29 is 24.9 Å². The van der Waals surface area contributed by atoms with Crippen molar-refractivity contribution in [3.05, 3.63) is 24.0 Å². The van der Waals surface area contributed by atoms with Gasteiger partial charge in [0.1, 0.15) is 18.0 Å². The van der Waals surface area contributed by atoms with Crippen molar-refractivity contribution in [3.63, 3.8) is 0 Å². The van der Waals surface area contributed by atoms with E-state index in [9.17, 15) is 20.1 Å². The van der Waals surface area contributed by atoms with Crippen LogP contribution in [0.25, 0.3) is 0 Å². The van der Waals surface area contributed by atoms with Gasteiger partial charge in [-0.05, 0) is 13.0 Å². The van der Waals surface area contributed by atoms with Crippen LogP contribution < -0.4 is 4.74 Å². The molecule has 7 heteroatoms. The highest BCUT2D eigenvalue weighted by molar-refractivity contribution is 7.99. The fourth-order valence-corrected chi connectivity index (χ4v) is 2.89. The Labute approximate surface area is 114 Å². The fourth-order valence-electron chi connectivity index (χ4n) is 1.77. The maximum atomic E-state index is 11.4. The number of thioether (sulfide) groups is 1. The lowest BCUT2D eigenvalue weighted by molar-refractivity contribution is -0.0787. The summed E-state index contributed by atoms with van der Waals surface area (Å²) in [6.45, 7) is 1.41. The second-order valence-electron chi connectivity index (χ2n) is 4.30. The van der Waals surface area contributed by atoms with Crippen LogP contribution in [-0.4, -0.2) is 55.6 Å². The van der Waals surface area contributed by atoms with E-state index >= 15 is 0 Å². The second kappa shape index (κ2) is 5.87. The summed E-state index contributed by atoms with van der Waals surface area (Å²) in [5.41, 5.74) is -0.385. The van der Waals surface area contributed by atoms with Crippen molar-refractivity contribution in [2.24, 2.45) is 0 Å². The Morgan fingerprint density at radius 2 is 2.16 bits per heavy atom. The molecule has 1 aliphatic rings. The Morgan fingerprint density at radius 3 is 2.84 bits per heavy atom. The molecule has 2 rings (SSSR count). The Hall–Kier alpha value is -1.15. The van der Waals surface area contributed by atoms with E-state index in [-0.39, 0.29) is 17.3 Å². The average Bonchev–Trinajstić information content (AvgIpc) is 2.40. The Morgan fingerprint density at radius 1 is 1.42 bits per heavy atom. The summed E-state index contributed by atoms with van der Waals surface area (Å²) in [4.78, 5) is 15.3. The van der Waals surface area contributed by atoms with E-state index in [1.54, 1.807) is 0 Å². The van der Waals surface area contributed by atoms with Crippen molar-refractivity contribution in [2.75, 3.05) is 5.75 Å². The average molecular weight is 285 g/mol. The molecule has 6 nitrogen and oxygen atoms in total. The second-order valence-corrected chi connectivity index (χ2v) is 5.43. The van der Waals surface area contributed by atoms with Gasteiger partial charge in [0.25, 0.3) is 0 Å². The van der Waals surface area contributed by atoms with Gasteiger partial charge in [0, 0.05) is 11.9 Å². The SMILES string of the molecule is CC(=O)c1ccncc1O[C@H]1SC[C@@H](O)[C@H](O)[C@H]1O. The lowest BCUT2D eigenvalue weighted by Crippen LogP contribution is -2.50. The van der Waals surface area contributed by atoms with Gasteiger partial charge < -0.3 is 20.1 Å². The van der Waals surface area contributed by atoms with Crippen LogP contribution in [0.1, 0.15) is 17.3 Å². The first-order valence-electron chi connectivity index (χ1n) is 5.78. The summed E-state index contributed by atoms with van der Waals surface area (Å²) in [5.74, 6) is 0.335. The number of ketones is 1. The van der Waals surface area contributed by atoms with Crippen LogP contribution in [0, 0.1) is 0 Å². The van der Waals surface area contributed by atoms with E-state index < -0.39 is 23.7 Å². The van der Waals surface area contributed by atoms with Gasteiger partial charge in [-0.2, -0.15) is 0 Å². The van der Waals surface area contributed by atoms with Gasteiger partial charge in [-0.15, -0.1) is 11.8 Å². The molecule has 1 saturated heterocycles. The van der Waals surface area contributed by atoms with E-state index in [0.717, 1.165) is 0 Å². The van der Waals surface area contributed by atoms with Crippen LogP contribution in [0.5, 0.6) is 5.75 Å². The third-order valence-corrected chi connectivity index (χ3v) is 4.10. The standard InChI is InChI=1S/C12H15NO5S/c1-6(14)7-2-3-13-4-9(7)18-12-11(17)10(16)8(15)5-19-12/h2-4,8,10-12,15-17H,5H2,1H3/t8-,10+,11-,12+/m1/s1. The molecule has 0 spiro atoms. The first-order chi connectivity index (χ1) is 9.00. The number of carbonyl (C=O) groups excluding carboxylic acids is 1. The first-order valence-corrected chi connectivity index (χ1v) is 6.83. The summed E-state index contributed by atoms with van der Waals surface area (Å²) in [7, 11) is 0. The van der Waals surface area contributed by atoms with Crippen molar-refractivity contribution >= 4 is 17.5 Å². The molecule has 2 heterocycles. The Balaban J connectivity index is 2.15. The minimum absolute atomic E-state index is 0.173. The van der Waals surface area contributed by atoms with Gasteiger partial charge in [-0.3, -0.25) is 9.78 Å². The molecule has 104 valence electrons. The van der Waals surface area contributed by atoms with E-state index in [1.165, 1.54) is 37.1 Å². The van der Waals surface area contributed by atoms with Crippen LogP contribution in [0.4, 0.5) is 0 Å². The van der Waals surface area contributed by atoms with Gasteiger partial charge in [0.05, 0.1) is 17.9 Å². The number of aliphatic hydroxyl groups is 3. The number of aliphatic hydroxyl groups excluding tert-OH is 3. The number of aromatic nitrogens is 1. The fraction of sp³-hybridized carbons (Fsp3) is 0.500. The summed E-state index contributed by atoms with van der Waals surface area (Å²) in [6, 6.07) is 1.53. The molecule has 0 aromatic carbocycles. The number of ether oxygens (including phenoxy) is 1. The van der Waals surface area contributed by atoms with E-state index in [4.69, 9.17) is 4.74 Å². The molecular formula is C12H15NO5S. The summed E-state index contributed by atoms with van der Waals surface area (Å²) in [6.07, 6.45) is -0.605. The number of carbonyl (C=O) groups is 1. The molecule has 0 aliphatic carbocycles. The summed E-state index contributed by atoms with van der Waals surface area (Å²) < 4.78 is 5.54. The van der Waals surface area contributed by atoms with E-state index in [1.807, 2.05) is 0 Å². The van der Waals surface area contributed by atoms with Gasteiger partial charge in [0.2, 0.25) is 0 Å². The topological polar surface area (TPSA) is 99.9 Å². The monoisotopic (exact) mass is 285 g/mol. The largest absolute Gasteiger partial charge is 0.475 e. The molecule has 0 unspecified atom stereocenters. The Bertz CT molecular complexity index is 469. The minimum atomic E-state index is -1.26. The highest BCUT2D eigenvalue weighted by atomic mass is 32.2. The number of hydrogen-bond donors (Lipinski definition) is 3. The van der Waals surface area contributed by atoms with E-state index in [0.29, 0.717) is 5.56 Å². The molecule has 1 fully saturated rings. The van der Waals surface area contributed by atoms with Crippen LogP contribution in [0.3, 0.4) is 0 Å². The number of nitrogens with zero attached hydrogens (tertiary/aromatic N) is 1. The van der Waals surface area contributed by atoms with Crippen LogP contribution >= 0.6 is 11.8 Å². The number of hydrogen-bond acceptors (Lipinski definition) is 7. The van der Waals surface area contributed by atoms with Crippen molar-refractivity contribution in [3.8, 4) is 5.75 Å². The predicted octanol–water partition coefficient (Wildman–Crippen LogP) is -0.181. The molecule has 19 heavy (non-hydrogen) atoms. The van der Waals surface area contributed by atoms with Crippen molar-refractivity contribution in [1.82, 2.24) is 4.98 Å². The van der Waals surface area contributed by atoms with Crippen molar-refractivity contribution in [1.29, 1.82) is 0 Å². The molecule has 3 N–H and O–H groups in total. The molecule has 1 aliphatic heterocycles. The smallest absolute Gasteiger partial charge is 0.173 e. The maximum Gasteiger partial charge on any atom is 0.173 e. The third kappa shape index (κ3) is 3.06. The van der Waals surface area contributed by atoms with Gasteiger partial charge in [-0.1, -0.05) is 0 Å². The van der Waals surface area contributed by atoms with Gasteiger partial charge in [-0.25, -0.2) is 0 Å². The molecule has 1 aromatic rings. The minimum Gasteiger partial charge on any atom is -0.475 e. The lowest BCUT2D eigenvalue weighted by Gasteiger charge is -2.34. The van der Waals surface area contributed by atoms with E-state index in [2.05, 4.69) is 4.98 Å². The van der Waals surface area contributed by atoms with Gasteiger partial charge >= 0.3 is 0 Å². The zero-order valence-electron chi connectivity index (χ0n) is 10.3. The highest BCUT2D eigenvalue weighted by Gasteiger charge is 2.38. The lowest BCUT2D eigenvalue weighted by atomic mass is 10.1. The zero-order chi connectivity index (χ0) is 14.0. The summed E-state index contributed by atoms with van der Waals surface area (Å²) in [5, 5.41) is 28.9. The summed E-state index contributed by atoms with van der Waals surface area (Å²) >= 11 is 1.18. The normalized spacial score (nSPS) is 30.9. The molecule has 1 aromatic heterocycles. The quantitative estimate of drug-likeness (QED) is 0.662. The number of rotatable bonds is 3. The molecule has 0 saturated carbocycles. The third-order valence-electron chi connectivity index (χ3n) is 2.86. The molecule has 0 bridgehead atoms. The van der Waals surface area contributed by atoms with Crippen LogP contribution in [0.2, 0.25) is 0 Å². The maximum absolute atomic E-state index is 11.4. The van der Waals surface area contributed by atoms with Crippen molar-refractivity contribution in [2.45, 2.75) is 30.7 Å². The zero-order valence-corrected chi connectivity index (χ0v) is 11.1. The number of Topliss-reactive ketones (excluding diaryl/α,β-unsaturated/α-hetero) is 1. The van der Waals surface area contributed by atoms with Crippen LogP contribution in [-0.2, 0) is 0 Å². The van der Waals surface area contributed by atoms with Crippen LogP contribution in [0.15, 0.2) is 18.5 Å². The molecule has 4 atom stereocenters. The number of pyridine rings is 1. The molecular weight excluding hydrogens is 270 g/mol. The highest BCUT2D eigenvalue weighted by Crippen LogP contribution is 2.30. The molecule has 0 amide bonds.